The summed E-state index contributed by atoms with van der Waals surface area (Å²) in [6.07, 6.45) is 5.89. The maximum Gasteiger partial charge on any atom is 0.273 e. The van der Waals surface area contributed by atoms with Crippen LogP contribution in [-0.4, -0.2) is 29.0 Å². The van der Waals surface area contributed by atoms with E-state index in [2.05, 4.69) is 15.6 Å². The van der Waals surface area contributed by atoms with Gasteiger partial charge in [-0.25, -0.2) is 4.98 Å². The molecule has 2 aromatic rings. The van der Waals surface area contributed by atoms with E-state index in [0.29, 0.717) is 23.7 Å². The van der Waals surface area contributed by atoms with Crippen molar-refractivity contribution in [3.8, 4) is 11.5 Å². The van der Waals surface area contributed by atoms with Crippen LogP contribution < -0.4 is 10.6 Å². The van der Waals surface area contributed by atoms with Crippen LogP contribution in [0.15, 0.2) is 41.0 Å². The second kappa shape index (κ2) is 6.72. The van der Waals surface area contributed by atoms with Gasteiger partial charge < -0.3 is 15.1 Å². The molecule has 2 fully saturated rings. The molecule has 122 valence electrons. The van der Waals surface area contributed by atoms with Crippen LogP contribution in [0.5, 0.6) is 0 Å². The zero-order chi connectivity index (χ0) is 14.9. The van der Waals surface area contributed by atoms with Gasteiger partial charge in [0.1, 0.15) is 6.26 Å². The summed E-state index contributed by atoms with van der Waals surface area (Å²) in [5.74, 6) is 0.341. The summed E-state index contributed by atoms with van der Waals surface area (Å²) in [7, 11) is 0. The number of amides is 1. The molecule has 0 spiro atoms. The van der Waals surface area contributed by atoms with Gasteiger partial charge in [-0.2, -0.15) is 0 Å². The van der Waals surface area contributed by atoms with Gasteiger partial charge in [0.25, 0.3) is 5.91 Å². The highest BCUT2D eigenvalue weighted by Gasteiger charge is 2.34. The number of nitrogens with one attached hydrogen (secondary N) is 2. The highest BCUT2D eigenvalue weighted by atomic mass is 35.5. The van der Waals surface area contributed by atoms with Crippen LogP contribution in [0, 0.1) is 0 Å². The molecule has 0 aliphatic carbocycles. The molecule has 2 aliphatic heterocycles. The molecule has 1 aromatic carbocycles. The van der Waals surface area contributed by atoms with Crippen molar-refractivity contribution < 1.29 is 9.21 Å². The quantitative estimate of drug-likeness (QED) is 0.906. The van der Waals surface area contributed by atoms with Crippen molar-refractivity contribution in [2.45, 2.75) is 43.8 Å². The van der Waals surface area contributed by atoms with Crippen LogP contribution in [0.2, 0.25) is 0 Å². The first-order valence-electron chi connectivity index (χ1n) is 7.86. The van der Waals surface area contributed by atoms with E-state index in [-0.39, 0.29) is 24.4 Å². The molecular formula is C17H20ClN3O2. The number of benzene rings is 1. The number of hydrogen-bond donors (Lipinski definition) is 2. The van der Waals surface area contributed by atoms with Crippen LogP contribution in [0.1, 0.15) is 36.2 Å². The van der Waals surface area contributed by atoms with Crippen molar-refractivity contribution in [2.75, 3.05) is 0 Å². The predicted molar refractivity (Wildman–Crippen MR) is 89.6 cm³/mol. The fourth-order valence-electron chi connectivity index (χ4n) is 3.53. The largest absolute Gasteiger partial charge is 0.444 e. The average Bonchev–Trinajstić information content (AvgIpc) is 3.15. The Labute approximate surface area is 141 Å². The van der Waals surface area contributed by atoms with E-state index in [1.807, 2.05) is 30.3 Å². The molecule has 0 saturated carbocycles. The highest BCUT2D eigenvalue weighted by molar-refractivity contribution is 5.92. The molecule has 3 heterocycles. The molecule has 2 N–H and O–H groups in total. The number of carbonyl (C=O) groups is 1. The number of fused-ring (bicyclic) bond motifs is 2. The SMILES string of the molecule is Cl.O=C(NC1CC2CCC(C1)N2)c1coc(-c2ccccc2)n1. The number of nitrogens with zero attached hydrogens (tertiary/aromatic N) is 1. The Morgan fingerprint density at radius 1 is 1.17 bits per heavy atom. The van der Waals surface area contributed by atoms with Crippen molar-refractivity contribution in [1.29, 1.82) is 0 Å². The molecule has 0 radical (unpaired) electrons. The lowest BCUT2D eigenvalue weighted by Gasteiger charge is -2.29. The minimum atomic E-state index is -0.141. The van der Waals surface area contributed by atoms with Gasteiger partial charge in [-0.05, 0) is 37.8 Å². The Bertz CT molecular complexity index is 661. The molecule has 4 rings (SSSR count). The van der Waals surface area contributed by atoms with Crippen molar-refractivity contribution in [3.63, 3.8) is 0 Å². The predicted octanol–water partition coefficient (Wildman–Crippen LogP) is 2.78. The van der Waals surface area contributed by atoms with Gasteiger partial charge in [0, 0.05) is 23.7 Å². The van der Waals surface area contributed by atoms with Gasteiger partial charge in [0.05, 0.1) is 0 Å². The minimum absolute atomic E-state index is 0. The lowest BCUT2D eigenvalue weighted by molar-refractivity contribution is 0.0919. The molecule has 6 heteroatoms. The molecule has 2 unspecified atom stereocenters. The number of halogens is 1. The van der Waals surface area contributed by atoms with Crippen LogP contribution >= 0.6 is 12.4 Å². The molecular weight excluding hydrogens is 314 g/mol. The third kappa shape index (κ3) is 3.41. The van der Waals surface area contributed by atoms with E-state index < -0.39 is 0 Å². The maximum atomic E-state index is 12.3. The highest BCUT2D eigenvalue weighted by Crippen LogP contribution is 2.27. The topological polar surface area (TPSA) is 67.2 Å². The minimum Gasteiger partial charge on any atom is -0.444 e. The Kier molecular flexibility index (Phi) is 4.68. The van der Waals surface area contributed by atoms with Crippen molar-refractivity contribution in [3.05, 3.63) is 42.3 Å². The fraction of sp³-hybridized carbons (Fsp3) is 0.412. The van der Waals surface area contributed by atoms with E-state index >= 15 is 0 Å². The lowest BCUT2D eigenvalue weighted by Crippen LogP contribution is -2.48. The summed E-state index contributed by atoms with van der Waals surface area (Å²) in [6, 6.07) is 11.0. The Morgan fingerprint density at radius 3 is 2.57 bits per heavy atom. The Morgan fingerprint density at radius 2 is 1.87 bits per heavy atom. The second-order valence-electron chi connectivity index (χ2n) is 6.18. The van der Waals surface area contributed by atoms with Gasteiger partial charge in [0.15, 0.2) is 5.69 Å². The van der Waals surface area contributed by atoms with Crippen molar-refractivity contribution in [2.24, 2.45) is 0 Å². The summed E-state index contributed by atoms with van der Waals surface area (Å²) in [6.45, 7) is 0. The van der Waals surface area contributed by atoms with Gasteiger partial charge in [-0.15, -0.1) is 12.4 Å². The zero-order valence-electron chi connectivity index (χ0n) is 12.7. The first-order valence-corrected chi connectivity index (χ1v) is 7.86. The summed E-state index contributed by atoms with van der Waals surface area (Å²) < 4.78 is 5.43. The number of aromatic nitrogens is 1. The third-order valence-corrected chi connectivity index (χ3v) is 4.57. The van der Waals surface area contributed by atoms with Crippen LogP contribution in [-0.2, 0) is 0 Å². The Hall–Kier alpha value is -1.85. The number of hydrogen-bond acceptors (Lipinski definition) is 4. The molecule has 1 aromatic heterocycles. The summed E-state index contributed by atoms with van der Waals surface area (Å²) in [5, 5.41) is 6.67. The van der Waals surface area contributed by atoms with E-state index in [9.17, 15) is 4.79 Å². The van der Waals surface area contributed by atoms with Crippen LogP contribution in [0.3, 0.4) is 0 Å². The summed E-state index contributed by atoms with van der Waals surface area (Å²) in [5.41, 5.74) is 1.23. The number of oxazole rings is 1. The Balaban J connectivity index is 0.00000156. The van der Waals surface area contributed by atoms with Crippen molar-refractivity contribution in [1.82, 2.24) is 15.6 Å². The maximum absolute atomic E-state index is 12.3. The summed E-state index contributed by atoms with van der Waals surface area (Å²) >= 11 is 0. The van der Waals surface area contributed by atoms with E-state index in [1.165, 1.54) is 19.1 Å². The normalized spacial score (nSPS) is 25.7. The molecule has 23 heavy (non-hydrogen) atoms. The molecule has 5 nitrogen and oxygen atoms in total. The number of piperidine rings is 1. The number of carbonyl (C=O) groups excluding carboxylic acids is 1. The third-order valence-electron chi connectivity index (χ3n) is 4.57. The molecule has 2 atom stereocenters. The molecule has 2 bridgehead atoms. The van der Waals surface area contributed by atoms with E-state index in [4.69, 9.17) is 4.42 Å². The monoisotopic (exact) mass is 333 g/mol. The average molecular weight is 334 g/mol. The van der Waals surface area contributed by atoms with Crippen molar-refractivity contribution >= 4 is 18.3 Å². The van der Waals surface area contributed by atoms with E-state index in [0.717, 1.165) is 18.4 Å². The van der Waals surface area contributed by atoms with Crippen LogP contribution in [0.25, 0.3) is 11.5 Å². The standard InChI is InChI=1S/C17H19N3O2.ClH/c21-16(19-14-8-12-6-7-13(9-14)18-12)15-10-22-17(20-15)11-4-2-1-3-5-11;/h1-5,10,12-14,18H,6-9H2,(H,19,21);1H. The zero-order valence-corrected chi connectivity index (χ0v) is 13.5. The van der Waals surface area contributed by atoms with Crippen LogP contribution in [0.4, 0.5) is 0 Å². The summed E-state index contributed by atoms with van der Waals surface area (Å²) in [4.78, 5) is 16.6. The smallest absolute Gasteiger partial charge is 0.273 e. The van der Waals surface area contributed by atoms with Gasteiger partial charge in [-0.1, -0.05) is 18.2 Å². The molecule has 1 amide bonds. The first-order chi connectivity index (χ1) is 10.8. The molecule has 2 saturated heterocycles. The first kappa shape index (κ1) is 16.0. The second-order valence-corrected chi connectivity index (χ2v) is 6.18. The van der Waals surface area contributed by atoms with Gasteiger partial charge >= 0.3 is 0 Å². The van der Waals surface area contributed by atoms with Gasteiger partial charge in [0.2, 0.25) is 5.89 Å². The van der Waals surface area contributed by atoms with Gasteiger partial charge in [-0.3, -0.25) is 4.79 Å². The molecule has 2 aliphatic rings. The fourth-order valence-corrected chi connectivity index (χ4v) is 3.53. The lowest BCUT2D eigenvalue weighted by atomic mass is 10.00. The van der Waals surface area contributed by atoms with E-state index in [1.54, 1.807) is 0 Å². The number of rotatable bonds is 3.